The molecule has 0 amide bonds. The van der Waals surface area contributed by atoms with Crippen molar-refractivity contribution in [3.05, 3.63) is 205 Å². The second-order valence-electron chi connectivity index (χ2n) is 22.7. The number of nitrogens with zero attached hydrogens (tertiary/aromatic N) is 6. The van der Waals surface area contributed by atoms with E-state index in [0.29, 0.717) is 22.9 Å². The molecular formula is C70H50N6Pt. The van der Waals surface area contributed by atoms with Crippen LogP contribution >= 0.6 is 0 Å². The van der Waals surface area contributed by atoms with Gasteiger partial charge in [0.1, 0.15) is 0 Å². The van der Waals surface area contributed by atoms with E-state index in [1.165, 1.54) is 11.1 Å². The van der Waals surface area contributed by atoms with Gasteiger partial charge in [0.05, 0.1) is 23.0 Å². The van der Waals surface area contributed by atoms with Crippen molar-refractivity contribution in [2.75, 3.05) is 0 Å². The van der Waals surface area contributed by atoms with Gasteiger partial charge in [-0.2, -0.15) is 0 Å². The smallest absolute Gasteiger partial charge is 0.435 e. The van der Waals surface area contributed by atoms with Gasteiger partial charge in [0.2, 0.25) is 0 Å². The predicted molar refractivity (Wildman–Crippen MR) is 317 cm³/mol. The summed E-state index contributed by atoms with van der Waals surface area (Å²) >= 11 is 0. The van der Waals surface area contributed by atoms with Crippen molar-refractivity contribution in [3.63, 3.8) is 0 Å². The van der Waals surface area contributed by atoms with Gasteiger partial charge in [0, 0.05) is 33.4 Å². The van der Waals surface area contributed by atoms with E-state index in [4.69, 9.17) is 29.9 Å². The molecule has 10 aromatic carbocycles. The number of benzene rings is 10. The van der Waals surface area contributed by atoms with Gasteiger partial charge in [-0.3, -0.25) is 4.98 Å². The monoisotopic (exact) mass is 1170 g/mol. The molecule has 2 aliphatic heterocycles. The molecule has 15 rings (SSSR count). The number of hydrogen-bond acceptors (Lipinski definition) is 4. The molecule has 2 aliphatic rings. The summed E-state index contributed by atoms with van der Waals surface area (Å²) in [7, 11) is 0. The molecule has 6 nitrogen and oxygen atoms in total. The summed E-state index contributed by atoms with van der Waals surface area (Å²) in [6.07, 6.45) is 0. The van der Waals surface area contributed by atoms with Gasteiger partial charge in [-0.05, 0) is 169 Å². The first-order chi connectivity index (χ1) is 36.9. The number of fused-ring (bicyclic) bond motifs is 24. The number of rotatable bonds is 2. The Morgan fingerprint density at radius 3 is 0.935 bits per heavy atom. The molecule has 13 aromatic rings. The fourth-order valence-corrected chi connectivity index (χ4v) is 11.7. The maximum absolute atomic E-state index is 6.07. The molecule has 3 aromatic heterocycles. The third-order valence-corrected chi connectivity index (χ3v) is 15.8. The quantitative estimate of drug-likeness (QED) is 0.172. The van der Waals surface area contributed by atoms with Crippen molar-refractivity contribution >= 4 is 87.0 Å². The largest absolute Gasteiger partial charge is 2.00 e. The summed E-state index contributed by atoms with van der Waals surface area (Å²) in [4.78, 5) is 34.1. The average molecular weight is 1170 g/mol. The molecule has 0 fully saturated rings. The molecular weight excluding hydrogens is 1120 g/mol. The Morgan fingerprint density at radius 1 is 0.312 bits per heavy atom. The Balaban J connectivity index is 0.00000540. The summed E-state index contributed by atoms with van der Waals surface area (Å²) in [6.45, 7) is 13.6. The van der Waals surface area contributed by atoms with Crippen molar-refractivity contribution in [2.45, 2.75) is 52.4 Å². The van der Waals surface area contributed by atoms with E-state index in [1.807, 2.05) is 0 Å². The van der Waals surface area contributed by atoms with Crippen molar-refractivity contribution in [1.29, 1.82) is 0 Å². The molecule has 0 atom stereocenters. The Labute approximate surface area is 460 Å². The van der Waals surface area contributed by atoms with E-state index in [-0.39, 0.29) is 31.9 Å². The van der Waals surface area contributed by atoms with Crippen LogP contribution in [0.3, 0.4) is 0 Å². The maximum Gasteiger partial charge on any atom is 2.00 e. The van der Waals surface area contributed by atoms with Gasteiger partial charge < -0.3 is 19.9 Å². The van der Waals surface area contributed by atoms with E-state index in [2.05, 4.69) is 236 Å². The molecule has 5 heterocycles. The van der Waals surface area contributed by atoms with Gasteiger partial charge in [-0.15, -0.1) is 0 Å². The fraction of sp³-hybridized carbons (Fsp3) is 0.114. The molecule has 0 unspecified atom stereocenters. The van der Waals surface area contributed by atoms with E-state index < -0.39 is 0 Å². The molecule has 370 valence electrons. The second kappa shape index (κ2) is 17.2. The zero-order valence-corrected chi connectivity index (χ0v) is 45.7. The molecule has 0 saturated carbocycles. The van der Waals surface area contributed by atoms with E-state index in [0.717, 1.165) is 132 Å². The third kappa shape index (κ3) is 7.56. The Kier molecular flexibility index (Phi) is 10.5. The van der Waals surface area contributed by atoms with Gasteiger partial charge >= 0.3 is 21.1 Å². The van der Waals surface area contributed by atoms with Crippen molar-refractivity contribution in [2.24, 2.45) is 0 Å². The third-order valence-electron chi connectivity index (χ3n) is 15.8. The minimum absolute atomic E-state index is 0. The summed E-state index contributed by atoms with van der Waals surface area (Å²) in [5.74, 6) is 1.11. The van der Waals surface area contributed by atoms with Crippen LogP contribution in [-0.4, -0.2) is 19.9 Å². The van der Waals surface area contributed by atoms with Gasteiger partial charge in [0.25, 0.3) is 0 Å². The maximum atomic E-state index is 6.07. The summed E-state index contributed by atoms with van der Waals surface area (Å²) in [5.41, 5.74) is 14.6. The van der Waals surface area contributed by atoms with Gasteiger partial charge in [0.15, 0.2) is 0 Å². The van der Waals surface area contributed by atoms with Crippen LogP contribution in [-0.2, 0) is 31.9 Å². The van der Waals surface area contributed by atoms with E-state index in [1.54, 1.807) is 0 Å². The van der Waals surface area contributed by atoms with Crippen LogP contribution in [0.5, 0.6) is 0 Å². The van der Waals surface area contributed by atoms with Crippen LogP contribution in [0, 0.1) is 0 Å². The minimum atomic E-state index is -0.0606. The van der Waals surface area contributed by atoms with E-state index >= 15 is 0 Å². The van der Waals surface area contributed by atoms with Crippen LogP contribution in [0.2, 0.25) is 0 Å². The fourth-order valence-electron chi connectivity index (χ4n) is 11.7. The van der Waals surface area contributed by atoms with Crippen LogP contribution in [0.15, 0.2) is 194 Å². The number of aromatic nitrogens is 6. The SMILES string of the molecule is CC(C)(C)c1ccc(-c2c3nc(c(-c4ccc(C(C)(C)C)cc4)c4[n-]c(nc5nc(nc6[n-]c2c2cc7ccccc7cc62)-c2cc6ccccc6cc2-5)c2cc5ccccc5cc42)-c2cc4ccccc4cc2-3)cc1.[Pt+2]. The first kappa shape index (κ1) is 46.9. The summed E-state index contributed by atoms with van der Waals surface area (Å²) < 4.78 is 0. The Hall–Kier alpha value is -8.57. The van der Waals surface area contributed by atoms with Gasteiger partial charge in [-0.1, -0.05) is 187 Å². The minimum Gasteiger partial charge on any atom is -0.435 e. The standard InChI is InChI=1S/C70H50N6.Pt/c1-69(2,3)49-27-23-39(24-28-49)59-61-51-31-41-15-7-8-16-42(41)32-52(51)62(71-61)60(40-25-29-50(30-26-40)70(4,5)6)64-54-34-44-18-10-12-20-46(44)36-56(54)66(73-64)75-68-58-38-48-22-14-13-21-47(48)37-57(58)67(76-68)74-65-55-35-45-19-11-9-17-43(45)33-53(55)63(59)72-65;/h7-38H,1-6H3;/q-2;+2. The molecule has 0 aliphatic carbocycles. The first-order valence-electron chi connectivity index (χ1n) is 26.3. The van der Waals surface area contributed by atoms with Crippen molar-refractivity contribution < 1.29 is 21.1 Å². The van der Waals surface area contributed by atoms with Gasteiger partial charge in [-0.25, -0.2) is 4.98 Å². The molecule has 0 saturated heterocycles. The molecule has 7 heteroatoms. The normalized spacial score (nSPS) is 12.4. The molecule has 8 bridgehead atoms. The zero-order chi connectivity index (χ0) is 51.2. The average Bonchev–Trinajstić information content (AvgIpc) is 4.38. The van der Waals surface area contributed by atoms with Crippen LogP contribution < -0.4 is 9.97 Å². The Bertz CT molecular complexity index is 4520. The Morgan fingerprint density at radius 2 is 0.610 bits per heavy atom. The van der Waals surface area contributed by atoms with Crippen LogP contribution in [0.4, 0.5) is 0 Å². The van der Waals surface area contributed by atoms with E-state index in [9.17, 15) is 0 Å². The second-order valence-corrected chi connectivity index (χ2v) is 22.7. The van der Waals surface area contributed by atoms with Crippen molar-refractivity contribution in [1.82, 2.24) is 29.9 Å². The molecule has 0 radical (unpaired) electrons. The van der Waals surface area contributed by atoms with Crippen LogP contribution in [0.1, 0.15) is 52.7 Å². The summed E-state index contributed by atoms with van der Waals surface area (Å²) in [6, 6.07) is 70.4. The van der Waals surface area contributed by atoms with Crippen LogP contribution in [0.25, 0.3) is 155 Å². The molecule has 77 heavy (non-hydrogen) atoms. The zero-order valence-electron chi connectivity index (χ0n) is 43.5. The summed E-state index contributed by atoms with van der Waals surface area (Å²) in [5, 5.41) is 12.7. The first-order valence-corrected chi connectivity index (χ1v) is 26.3. The predicted octanol–water partition coefficient (Wildman–Crippen LogP) is 17.9. The molecule has 0 spiro atoms. The number of hydrogen-bond donors (Lipinski definition) is 0. The topological polar surface area (TPSA) is 79.8 Å². The molecule has 0 N–H and O–H groups in total. The van der Waals surface area contributed by atoms with Crippen molar-refractivity contribution in [3.8, 4) is 67.5 Å².